The lowest BCUT2D eigenvalue weighted by atomic mass is 9.89. The fraction of sp³-hybridized carbons (Fsp3) is 0.576. The first-order valence-electron chi connectivity index (χ1n) is 15.3. The summed E-state index contributed by atoms with van der Waals surface area (Å²) in [4.78, 5) is 4.91. The number of nitrogens with zero attached hydrogens (tertiary/aromatic N) is 3. The summed E-state index contributed by atoms with van der Waals surface area (Å²) in [5.41, 5.74) is 8.56. The Balaban J connectivity index is 1.58. The van der Waals surface area contributed by atoms with Crippen molar-refractivity contribution in [3.8, 4) is 0 Å². The van der Waals surface area contributed by atoms with Crippen molar-refractivity contribution in [2.75, 3.05) is 56.7 Å². The summed E-state index contributed by atoms with van der Waals surface area (Å²) < 4.78 is 8.41. The topological polar surface area (TPSA) is 32.7 Å². The lowest BCUT2D eigenvalue weighted by Gasteiger charge is -2.44. The van der Waals surface area contributed by atoms with Gasteiger partial charge in [0.05, 0.1) is 13.2 Å². The average molecular weight is 547 g/mol. The van der Waals surface area contributed by atoms with E-state index in [1.807, 2.05) is 0 Å². The summed E-state index contributed by atoms with van der Waals surface area (Å²) in [6.45, 7) is 20.8. The number of aromatic nitrogens is 1. The maximum Gasteiger partial charge on any atom is 0.169 e. The molecule has 39 heavy (non-hydrogen) atoms. The normalized spacial score (nSPS) is 18.2. The predicted octanol–water partition coefficient (Wildman–Crippen LogP) is 8.05. The number of likely N-dealkylation sites (tertiary alicyclic amines) is 1. The lowest BCUT2D eigenvalue weighted by molar-refractivity contribution is 0.122. The lowest BCUT2D eigenvalue weighted by Crippen LogP contribution is -2.51. The summed E-state index contributed by atoms with van der Waals surface area (Å²) in [6.07, 6.45) is 5.13. The highest BCUT2D eigenvalue weighted by Crippen LogP contribution is 2.46. The van der Waals surface area contributed by atoms with Crippen LogP contribution in [0, 0.1) is 0 Å². The van der Waals surface area contributed by atoms with E-state index in [9.17, 15) is 0 Å². The molecular formula is C33H50N4OSi. The van der Waals surface area contributed by atoms with Crippen LogP contribution in [0.1, 0.15) is 65.9 Å². The molecule has 2 aliphatic heterocycles. The molecular weight excluding hydrogens is 496 g/mol. The van der Waals surface area contributed by atoms with Gasteiger partial charge in [-0.3, -0.25) is 0 Å². The van der Waals surface area contributed by atoms with Crippen LogP contribution in [-0.2, 0) is 4.74 Å². The number of ether oxygens (including phenoxy) is 1. The Morgan fingerprint density at radius 3 is 2.10 bits per heavy atom. The number of anilines is 3. The Morgan fingerprint density at radius 2 is 1.46 bits per heavy atom. The molecule has 1 N–H and O–H groups in total. The van der Waals surface area contributed by atoms with Gasteiger partial charge in [0.15, 0.2) is 8.24 Å². The van der Waals surface area contributed by atoms with E-state index in [4.69, 9.17) is 4.74 Å². The third kappa shape index (κ3) is 5.40. The minimum atomic E-state index is -1.91. The molecule has 3 heterocycles. The van der Waals surface area contributed by atoms with Crippen LogP contribution < -0.4 is 10.2 Å². The molecule has 0 bridgehead atoms. The molecule has 0 saturated carbocycles. The number of hydrogen-bond donors (Lipinski definition) is 1. The van der Waals surface area contributed by atoms with Gasteiger partial charge in [-0.05, 0) is 97.6 Å². The molecule has 6 heteroatoms. The van der Waals surface area contributed by atoms with E-state index in [0.29, 0.717) is 22.5 Å². The molecule has 2 aromatic carbocycles. The smallest absolute Gasteiger partial charge is 0.169 e. The summed E-state index contributed by atoms with van der Waals surface area (Å²) in [5, 5.41) is 5.24. The maximum atomic E-state index is 5.57. The number of benzene rings is 2. The second-order valence-corrected chi connectivity index (χ2v) is 18.6. The fourth-order valence-corrected chi connectivity index (χ4v) is 14.5. The fourth-order valence-electron chi connectivity index (χ4n) is 7.90. The first kappa shape index (κ1) is 28.3. The Bertz CT molecular complexity index is 1230. The third-order valence-electron chi connectivity index (χ3n) is 9.70. The zero-order chi connectivity index (χ0) is 27.7. The minimum Gasteiger partial charge on any atom is -0.378 e. The molecule has 0 aliphatic carbocycles. The van der Waals surface area contributed by atoms with Crippen LogP contribution >= 0.6 is 0 Å². The van der Waals surface area contributed by atoms with E-state index >= 15 is 0 Å². The zero-order valence-electron chi connectivity index (χ0n) is 25.3. The van der Waals surface area contributed by atoms with Crippen LogP contribution in [0.3, 0.4) is 0 Å². The molecule has 0 radical (unpaired) electrons. The van der Waals surface area contributed by atoms with Crippen LogP contribution in [-0.4, -0.2) is 63.8 Å². The second-order valence-electron chi connectivity index (χ2n) is 12.9. The summed E-state index contributed by atoms with van der Waals surface area (Å²) >= 11 is 0. The van der Waals surface area contributed by atoms with E-state index < -0.39 is 8.24 Å². The van der Waals surface area contributed by atoms with Gasteiger partial charge in [-0.25, -0.2) is 0 Å². The quantitative estimate of drug-likeness (QED) is 0.290. The summed E-state index contributed by atoms with van der Waals surface area (Å²) in [5.74, 6) is 0.646. The third-order valence-corrected chi connectivity index (χ3v) is 16.5. The molecule has 0 amide bonds. The van der Waals surface area contributed by atoms with Crippen molar-refractivity contribution in [3.05, 3.63) is 54.2 Å². The highest BCUT2D eigenvalue weighted by Gasteiger charge is 2.46. The van der Waals surface area contributed by atoms with Gasteiger partial charge in [-0.1, -0.05) is 53.7 Å². The number of fused-ring (bicyclic) bond motifs is 1. The number of rotatable bonds is 8. The first-order valence-corrected chi connectivity index (χ1v) is 17.4. The van der Waals surface area contributed by atoms with Gasteiger partial charge in [-0.2, -0.15) is 0 Å². The molecule has 0 atom stereocenters. The van der Waals surface area contributed by atoms with E-state index in [2.05, 4.69) is 117 Å². The number of piperidine rings is 1. The monoisotopic (exact) mass is 546 g/mol. The Labute approximate surface area is 237 Å². The van der Waals surface area contributed by atoms with Crippen molar-refractivity contribution in [2.45, 2.75) is 76.9 Å². The van der Waals surface area contributed by atoms with Gasteiger partial charge in [0, 0.05) is 41.1 Å². The molecule has 212 valence electrons. The molecule has 5 nitrogen and oxygen atoms in total. The van der Waals surface area contributed by atoms with Gasteiger partial charge >= 0.3 is 0 Å². The van der Waals surface area contributed by atoms with Crippen LogP contribution in [0.25, 0.3) is 10.9 Å². The molecule has 0 unspecified atom stereocenters. The van der Waals surface area contributed by atoms with Crippen LogP contribution in [0.5, 0.6) is 0 Å². The molecule has 2 saturated heterocycles. The second kappa shape index (κ2) is 11.7. The van der Waals surface area contributed by atoms with E-state index in [-0.39, 0.29) is 0 Å². The Hall–Kier alpha value is -2.28. The highest BCUT2D eigenvalue weighted by molar-refractivity contribution is 6.82. The van der Waals surface area contributed by atoms with Gasteiger partial charge in [0.1, 0.15) is 0 Å². The molecule has 1 aromatic heterocycles. The van der Waals surface area contributed by atoms with Crippen LogP contribution in [0.4, 0.5) is 17.1 Å². The van der Waals surface area contributed by atoms with Crippen LogP contribution in [0.2, 0.25) is 16.6 Å². The first-order chi connectivity index (χ1) is 18.7. The highest BCUT2D eigenvalue weighted by atomic mass is 28.3. The summed E-state index contributed by atoms with van der Waals surface area (Å²) in [7, 11) is 0.353. The standard InChI is InChI=1S/C33H50N4OSi/c1-24(2)39(25(3)4,26(5)6)37-23-32(27-13-15-35(7)16-14-27)31-12-11-29(22-33(31)37)34-28-9-8-10-30(21-28)36-17-19-38-20-18-36/h8-12,21-27,34H,13-20H2,1-7H3. The van der Waals surface area contributed by atoms with Gasteiger partial charge in [0.2, 0.25) is 0 Å². The molecule has 5 rings (SSSR count). The van der Waals surface area contributed by atoms with Crippen molar-refractivity contribution in [2.24, 2.45) is 0 Å². The van der Waals surface area contributed by atoms with Crippen molar-refractivity contribution >= 4 is 36.2 Å². The van der Waals surface area contributed by atoms with Crippen LogP contribution in [0.15, 0.2) is 48.7 Å². The largest absolute Gasteiger partial charge is 0.378 e. The van der Waals surface area contributed by atoms with Crippen molar-refractivity contribution < 1.29 is 4.74 Å². The van der Waals surface area contributed by atoms with Crippen molar-refractivity contribution in [1.82, 2.24) is 9.13 Å². The molecule has 2 fully saturated rings. The SMILES string of the molecule is CC(C)[Si](C(C)C)(C(C)C)n1cc(C2CCN(C)CC2)c2ccc(Nc3cccc(N4CCOCC4)c3)cc21. The van der Waals surface area contributed by atoms with Gasteiger partial charge in [0.25, 0.3) is 0 Å². The van der Waals surface area contributed by atoms with Gasteiger partial charge < -0.3 is 24.1 Å². The number of morpholine rings is 1. The zero-order valence-corrected chi connectivity index (χ0v) is 26.3. The van der Waals surface area contributed by atoms with Gasteiger partial charge in [-0.15, -0.1) is 0 Å². The Morgan fingerprint density at radius 1 is 0.821 bits per heavy atom. The van der Waals surface area contributed by atoms with E-state index in [1.54, 1.807) is 5.56 Å². The maximum absolute atomic E-state index is 5.57. The molecule has 2 aliphatic rings. The van der Waals surface area contributed by atoms with Crippen molar-refractivity contribution in [1.29, 1.82) is 0 Å². The predicted molar refractivity (Wildman–Crippen MR) is 171 cm³/mol. The Kier molecular flexibility index (Phi) is 8.46. The van der Waals surface area contributed by atoms with E-state index in [1.165, 1.54) is 48.2 Å². The van der Waals surface area contributed by atoms with E-state index in [0.717, 1.165) is 32.0 Å². The molecule has 0 spiro atoms. The molecule has 3 aromatic rings. The summed E-state index contributed by atoms with van der Waals surface area (Å²) in [6, 6.07) is 16.0. The number of hydrogen-bond acceptors (Lipinski definition) is 4. The van der Waals surface area contributed by atoms with Crippen molar-refractivity contribution in [3.63, 3.8) is 0 Å². The number of nitrogens with one attached hydrogen (secondary N) is 1. The minimum absolute atomic E-state index is 0.646. The average Bonchev–Trinajstić information content (AvgIpc) is 3.28.